The minimum Gasteiger partial charge on any atom is -0.486 e. The fraction of sp³-hybridized carbons (Fsp3) is 0.120. The van der Waals surface area contributed by atoms with Gasteiger partial charge in [0.05, 0.1) is 18.7 Å². The van der Waals surface area contributed by atoms with Crippen molar-refractivity contribution in [3.63, 3.8) is 0 Å². The quantitative estimate of drug-likeness (QED) is 0.362. The van der Waals surface area contributed by atoms with Crippen molar-refractivity contribution in [2.45, 2.75) is 19.6 Å². The number of hydrogen-bond donors (Lipinski definition) is 0. The second-order valence-electron chi connectivity index (χ2n) is 6.95. The standard InChI is InChI=1S/C25H21FN2O2S/c26-20-11-13-23(14-12-20)30-17-24-27-21(18-31-24)15-25(29)28(22-9-5-2-6-10-22)16-19-7-3-1-4-8-19/h1-14,18H,15-17H2. The Morgan fingerprint density at radius 1 is 0.935 bits per heavy atom. The van der Waals surface area contributed by atoms with Crippen LogP contribution in [0.5, 0.6) is 5.75 Å². The summed E-state index contributed by atoms with van der Waals surface area (Å²) in [6.07, 6.45) is 0.203. The third-order valence-corrected chi connectivity index (χ3v) is 5.53. The van der Waals surface area contributed by atoms with Gasteiger partial charge in [0.15, 0.2) is 0 Å². The molecule has 0 aliphatic carbocycles. The van der Waals surface area contributed by atoms with Crippen molar-refractivity contribution in [1.29, 1.82) is 0 Å². The molecule has 0 bridgehead atoms. The SMILES string of the molecule is O=C(Cc1csc(COc2ccc(F)cc2)n1)N(Cc1ccccc1)c1ccccc1. The van der Waals surface area contributed by atoms with Crippen LogP contribution in [0.25, 0.3) is 0 Å². The van der Waals surface area contributed by atoms with E-state index < -0.39 is 0 Å². The Balaban J connectivity index is 1.43. The zero-order valence-corrected chi connectivity index (χ0v) is 17.6. The molecule has 0 aliphatic rings. The Morgan fingerprint density at radius 2 is 1.61 bits per heavy atom. The lowest BCUT2D eigenvalue weighted by Gasteiger charge is -2.23. The van der Waals surface area contributed by atoms with Gasteiger partial charge in [0.2, 0.25) is 5.91 Å². The number of nitrogens with zero attached hydrogens (tertiary/aromatic N) is 2. The fourth-order valence-electron chi connectivity index (χ4n) is 3.12. The zero-order chi connectivity index (χ0) is 21.5. The molecule has 0 saturated carbocycles. The maximum Gasteiger partial charge on any atom is 0.233 e. The number of rotatable bonds is 8. The molecule has 6 heteroatoms. The van der Waals surface area contributed by atoms with Crippen molar-refractivity contribution >= 4 is 22.9 Å². The number of hydrogen-bond acceptors (Lipinski definition) is 4. The van der Waals surface area contributed by atoms with E-state index in [9.17, 15) is 9.18 Å². The van der Waals surface area contributed by atoms with E-state index in [1.807, 2.05) is 66.0 Å². The first-order chi connectivity index (χ1) is 15.2. The number of amides is 1. The van der Waals surface area contributed by atoms with Crippen LogP contribution < -0.4 is 9.64 Å². The number of para-hydroxylation sites is 1. The second kappa shape index (κ2) is 10.00. The highest BCUT2D eigenvalue weighted by Gasteiger charge is 2.18. The molecule has 3 aromatic carbocycles. The van der Waals surface area contributed by atoms with Crippen LogP contribution in [0, 0.1) is 5.82 Å². The summed E-state index contributed by atoms with van der Waals surface area (Å²) >= 11 is 1.44. The topological polar surface area (TPSA) is 42.4 Å². The molecule has 31 heavy (non-hydrogen) atoms. The number of benzene rings is 3. The molecule has 0 spiro atoms. The van der Waals surface area contributed by atoms with Crippen molar-refractivity contribution < 1.29 is 13.9 Å². The summed E-state index contributed by atoms with van der Waals surface area (Å²) in [7, 11) is 0. The van der Waals surface area contributed by atoms with E-state index in [2.05, 4.69) is 4.98 Å². The van der Waals surface area contributed by atoms with Crippen LogP contribution >= 0.6 is 11.3 Å². The molecule has 4 rings (SSSR count). The average molecular weight is 433 g/mol. The Kier molecular flexibility index (Phi) is 6.69. The highest BCUT2D eigenvalue weighted by molar-refractivity contribution is 7.09. The van der Waals surface area contributed by atoms with E-state index >= 15 is 0 Å². The molecular weight excluding hydrogens is 411 g/mol. The van der Waals surface area contributed by atoms with Crippen molar-refractivity contribution in [3.05, 3.63) is 112 Å². The van der Waals surface area contributed by atoms with Gasteiger partial charge in [-0.25, -0.2) is 9.37 Å². The van der Waals surface area contributed by atoms with Crippen LogP contribution in [0.2, 0.25) is 0 Å². The Bertz CT molecular complexity index is 1120. The number of carbonyl (C=O) groups is 1. The molecule has 1 amide bonds. The lowest BCUT2D eigenvalue weighted by atomic mass is 10.1. The summed E-state index contributed by atoms with van der Waals surface area (Å²) in [5.41, 5.74) is 2.62. The maximum absolute atomic E-state index is 13.2. The number of carbonyl (C=O) groups excluding carboxylic acids is 1. The molecule has 4 nitrogen and oxygen atoms in total. The first kappa shape index (κ1) is 20.8. The predicted octanol–water partition coefficient (Wildman–Crippen LogP) is 5.64. The number of anilines is 1. The first-order valence-electron chi connectivity index (χ1n) is 9.88. The minimum atomic E-state index is -0.305. The van der Waals surface area contributed by atoms with E-state index in [0.29, 0.717) is 18.0 Å². The van der Waals surface area contributed by atoms with Gasteiger partial charge in [0.1, 0.15) is 23.2 Å². The van der Waals surface area contributed by atoms with Crippen molar-refractivity contribution in [1.82, 2.24) is 4.98 Å². The summed E-state index contributed by atoms with van der Waals surface area (Å²) in [6, 6.07) is 25.4. The van der Waals surface area contributed by atoms with Gasteiger partial charge in [-0.3, -0.25) is 4.79 Å². The molecule has 1 heterocycles. The first-order valence-corrected chi connectivity index (χ1v) is 10.8. The van der Waals surface area contributed by atoms with E-state index in [1.54, 1.807) is 17.0 Å². The molecule has 0 atom stereocenters. The smallest absolute Gasteiger partial charge is 0.233 e. The zero-order valence-electron chi connectivity index (χ0n) is 16.8. The summed E-state index contributed by atoms with van der Waals surface area (Å²) in [5, 5.41) is 2.65. The minimum absolute atomic E-state index is 0.0219. The highest BCUT2D eigenvalue weighted by atomic mass is 32.1. The normalized spacial score (nSPS) is 10.6. The third-order valence-electron chi connectivity index (χ3n) is 4.66. The Hall–Kier alpha value is -3.51. The lowest BCUT2D eigenvalue weighted by molar-refractivity contribution is -0.118. The molecule has 0 saturated heterocycles. The van der Waals surface area contributed by atoms with E-state index in [-0.39, 0.29) is 24.8 Å². The summed E-state index contributed by atoms with van der Waals surface area (Å²) < 4.78 is 18.6. The molecule has 4 aromatic rings. The van der Waals surface area contributed by atoms with Gasteiger partial charge in [0.25, 0.3) is 0 Å². The number of aromatic nitrogens is 1. The van der Waals surface area contributed by atoms with Crippen molar-refractivity contribution in [2.24, 2.45) is 0 Å². The number of thiazole rings is 1. The Morgan fingerprint density at radius 3 is 2.32 bits per heavy atom. The largest absolute Gasteiger partial charge is 0.486 e. The Labute approximate surface area is 184 Å². The molecule has 0 N–H and O–H groups in total. The van der Waals surface area contributed by atoms with Gasteiger partial charge < -0.3 is 9.64 Å². The van der Waals surface area contributed by atoms with Crippen LogP contribution in [-0.2, 0) is 24.4 Å². The number of halogens is 1. The van der Waals surface area contributed by atoms with Gasteiger partial charge in [-0.05, 0) is 42.0 Å². The molecule has 0 fully saturated rings. The van der Waals surface area contributed by atoms with Gasteiger partial charge >= 0.3 is 0 Å². The highest BCUT2D eigenvalue weighted by Crippen LogP contribution is 2.20. The molecule has 0 radical (unpaired) electrons. The predicted molar refractivity (Wildman–Crippen MR) is 121 cm³/mol. The van der Waals surface area contributed by atoms with Crippen LogP contribution in [0.15, 0.2) is 90.3 Å². The third kappa shape index (κ3) is 5.77. The number of ether oxygens (including phenoxy) is 1. The maximum atomic E-state index is 13.2. The average Bonchev–Trinajstić information content (AvgIpc) is 3.25. The van der Waals surface area contributed by atoms with Gasteiger partial charge in [0, 0.05) is 11.1 Å². The lowest BCUT2D eigenvalue weighted by Crippen LogP contribution is -2.31. The van der Waals surface area contributed by atoms with Crippen molar-refractivity contribution in [3.8, 4) is 5.75 Å². The molecular formula is C25H21FN2O2S. The van der Waals surface area contributed by atoms with E-state index in [0.717, 1.165) is 16.3 Å². The van der Waals surface area contributed by atoms with Crippen LogP contribution in [0.1, 0.15) is 16.3 Å². The summed E-state index contributed by atoms with van der Waals surface area (Å²) in [6.45, 7) is 0.769. The van der Waals surface area contributed by atoms with Crippen LogP contribution in [-0.4, -0.2) is 10.9 Å². The van der Waals surface area contributed by atoms with Crippen LogP contribution in [0.3, 0.4) is 0 Å². The monoisotopic (exact) mass is 432 g/mol. The van der Waals surface area contributed by atoms with Crippen molar-refractivity contribution in [2.75, 3.05) is 4.90 Å². The van der Waals surface area contributed by atoms with E-state index in [4.69, 9.17) is 4.74 Å². The molecule has 1 aromatic heterocycles. The fourth-order valence-corrected chi connectivity index (χ4v) is 3.83. The van der Waals surface area contributed by atoms with E-state index in [1.165, 1.54) is 23.5 Å². The summed E-state index contributed by atoms with van der Waals surface area (Å²) in [5.74, 6) is 0.250. The van der Waals surface area contributed by atoms with Crippen LogP contribution in [0.4, 0.5) is 10.1 Å². The molecule has 0 unspecified atom stereocenters. The van der Waals surface area contributed by atoms with Gasteiger partial charge in [-0.15, -0.1) is 11.3 Å². The molecule has 0 aliphatic heterocycles. The summed E-state index contributed by atoms with van der Waals surface area (Å²) in [4.78, 5) is 19.5. The van der Waals surface area contributed by atoms with Gasteiger partial charge in [-0.2, -0.15) is 0 Å². The molecule has 156 valence electrons. The second-order valence-corrected chi connectivity index (χ2v) is 7.90. The van der Waals surface area contributed by atoms with Gasteiger partial charge in [-0.1, -0.05) is 48.5 Å².